The highest BCUT2D eigenvalue weighted by Gasteiger charge is 2.30. The molecule has 2 rings (SSSR count). The predicted molar refractivity (Wildman–Crippen MR) is 62.6 cm³/mol. The van der Waals surface area contributed by atoms with Gasteiger partial charge < -0.3 is 4.74 Å². The Morgan fingerprint density at radius 2 is 2.05 bits per heavy atom. The number of alkyl halides is 3. The first-order valence-electron chi connectivity index (χ1n) is 5.96. The SMILES string of the molecule is O=S(=O)(NCC(F)(F)F)c1cnn(C2CCOCC2)c1. The topological polar surface area (TPSA) is 73.2 Å². The van der Waals surface area contributed by atoms with Crippen LogP contribution in [0.1, 0.15) is 18.9 Å². The van der Waals surface area contributed by atoms with Gasteiger partial charge in [0.25, 0.3) is 0 Å². The molecule has 0 unspecified atom stereocenters. The Hall–Kier alpha value is -1.13. The van der Waals surface area contributed by atoms with E-state index in [2.05, 4.69) is 5.10 Å². The molecule has 0 radical (unpaired) electrons. The van der Waals surface area contributed by atoms with Crippen LogP contribution in [0, 0.1) is 0 Å². The highest BCUT2D eigenvalue weighted by molar-refractivity contribution is 7.89. The van der Waals surface area contributed by atoms with E-state index < -0.39 is 22.7 Å². The van der Waals surface area contributed by atoms with E-state index in [0.717, 1.165) is 6.20 Å². The number of nitrogens with one attached hydrogen (secondary N) is 1. The van der Waals surface area contributed by atoms with Crippen molar-refractivity contribution < 1.29 is 26.3 Å². The molecular formula is C10H14F3N3O3S. The lowest BCUT2D eigenvalue weighted by atomic mass is 10.1. The van der Waals surface area contributed by atoms with E-state index in [1.807, 2.05) is 0 Å². The van der Waals surface area contributed by atoms with E-state index in [-0.39, 0.29) is 10.9 Å². The Morgan fingerprint density at radius 3 is 2.65 bits per heavy atom. The van der Waals surface area contributed by atoms with Crippen molar-refractivity contribution in [3.05, 3.63) is 12.4 Å². The third kappa shape index (κ3) is 3.93. The molecule has 1 aromatic rings. The zero-order valence-corrected chi connectivity index (χ0v) is 11.2. The lowest BCUT2D eigenvalue weighted by molar-refractivity contribution is -0.121. The number of ether oxygens (including phenoxy) is 1. The van der Waals surface area contributed by atoms with Crippen molar-refractivity contribution in [1.82, 2.24) is 14.5 Å². The molecular weight excluding hydrogens is 299 g/mol. The second-order valence-electron chi connectivity index (χ2n) is 4.44. The molecule has 0 amide bonds. The summed E-state index contributed by atoms with van der Waals surface area (Å²) in [6.45, 7) is -0.490. The standard InChI is InChI=1S/C10H14F3N3O3S/c11-10(12,13)7-15-20(17,18)9-5-14-16(6-9)8-1-3-19-4-2-8/h5-6,8,15H,1-4,7H2. The van der Waals surface area contributed by atoms with Gasteiger partial charge in [-0.25, -0.2) is 13.1 Å². The van der Waals surface area contributed by atoms with E-state index in [9.17, 15) is 21.6 Å². The molecule has 1 aliphatic rings. The highest BCUT2D eigenvalue weighted by Crippen LogP contribution is 2.21. The quantitative estimate of drug-likeness (QED) is 0.902. The highest BCUT2D eigenvalue weighted by atomic mass is 32.2. The van der Waals surface area contributed by atoms with E-state index in [1.165, 1.54) is 15.6 Å². The van der Waals surface area contributed by atoms with Gasteiger partial charge in [-0.1, -0.05) is 0 Å². The summed E-state index contributed by atoms with van der Waals surface area (Å²) in [5.74, 6) is 0. The van der Waals surface area contributed by atoms with Crippen molar-refractivity contribution in [2.75, 3.05) is 19.8 Å². The Labute approximate surface area is 114 Å². The van der Waals surface area contributed by atoms with Gasteiger partial charge in [-0.2, -0.15) is 18.3 Å². The fourth-order valence-electron chi connectivity index (χ4n) is 1.87. The van der Waals surface area contributed by atoms with Gasteiger partial charge >= 0.3 is 6.18 Å². The molecule has 0 atom stereocenters. The van der Waals surface area contributed by atoms with Crippen molar-refractivity contribution in [1.29, 1.82) is 0 Å². The molecule has 1 fully saturated rings. The molecule has 6 nitrogen and oxygen atoms in total. The van der Waals surface area contributed by atoms with Crippen LogP contribution >= 0.6 is 0 Å². The Morgan fingerprint density at radius 1 is 1.40 bits per heavy atom. The lowest BCUT2D eigenvalue weighted by Gasteiger charge is -2.22. The van der Waals surface area contributed by atoms with Gasteiger partial charge in [0, 0.05) is 19.4 Å². The zero-order chi connectivity index (χ0) is 14.8. The first kappa shape index (κ1) is 15.3. The predicted octanol–water partition coefficient (Wildman–Crippen LogP) is 1.08. The third-order valence-corrected chi connectivity index (χ3v) is 4.27. The number of aromatic nitrogens is 2. The molecule has 1 N–H and O–H groups in total. The number of rotatable bonds is 4. The van der Waals surface area contributed by atoms with Crippen LogP contribution in [0.5, 0.6) is 0 Å². The number of hydrogen-bond acceptors (Lipinski definition) is 4. The van der Waals surface area contributed by atoms with E-state index in [0.29, 0.717) is 26.1 Å². The first-order chi connectivity index (χ1) is 9.28. The molecule has 1 saturated heterocycles. The van der Waals surface area contributed by atoms with Crippen LogP contribution in [0.2, 0.25) is 0 Å². The van der Waals surface area contributed by atoms with E-state index in [1.54, 1.807) is 0 Å². The number of nitrogens with zero attached hydrogens (tertiary/aromatic N) is 2. The average Bonchev–Trinajstić information content (AvgIpc) is 2.87. The number of halogens is 3. The molecule has 0 aliphatic carbocycles. The van der Waals surface area contributed by atoms with Gasteiger partial charge in [0.15, 0.2) is 0 Å². The molecule has 1 aromatic heterocycles. The van der Waals surface area contributed by atoms with Crippen LogP contribution in [-0.4, -0.2) is 44.1 Å². The first-order valence-corrected chi connectivity index (χ1v) is 7.44. The normalized spacial score (nSPS) is 18.4. The van der Waals surface area contributed by atoms with Crippen molar-refractivity contribution >= 4 is 10.0 Å². The van der Waals surface area contributed by atoms with Crippen LogP contribution in [0.3, 0.4) is 0 Å². The van der Waals surface area contributed by atoms with Crippen molar-refractivity contribution in [3.63, 3.8) is 0 Å². The summed E-state index contributed by atoms with van der Waals surface area (Å²) in [5.41, 5.74) is 0. The van der Waals surface area contributed by atoms with Gasteiger partial charge in [-0.15, -0.1) is 0 Å². The average molecular weight is 313 g/mol. The van der Waals surface area contributed by atoms with Crippen LogP contribution < -0.4 is 4.72 Å². The van der Waals surface area contributed by atoms with Crippen LogP contribution in [0.25, 0.3) is 0 Å². The maximum Gasteiger partial charge on any atom is 0.402 e. The molecule has 20 heavy (non-hydrogen) atoms. The van der Waals surface area contributed by atoms with Crippen molar-refractivity contribution in [3.8, 4) is 0 Å². The van der Waals surface area contributed by atoms with Gasteiger partial charge in [0.05, 0.1) is 12.2 Å². The van der Waals surface area contributed by atoms with Crippen molar-refractivity contribution in [2.45, 2.75) is 30.0 Å². The largest absolute Gasteiger partial charge is 0.402 e. The molecule has 2 heterocycles. The molecule has 10 heteroatoms. The summed E-state index contributed by atoms with van der Waals surface area (Å²) in [6, 6.07) is 0.00955. The maximum absolute atomic E-state index is 12.0. The molecule has 0 spiro atoms. The molecule has 1 aliphatic heterocycles. The molecule has 114 valence electrons. The minimum atomic E-state index is -4.59. The number of hydrogen-bond donors (Lipinski definition) is 1. The summed E-state index contributed by atoms with van der Waals surface area (Å²) in [6.07, 6.45) is -0.916. The minimum absolute atomic E-state index is 0.00955. The summed E-state index contributed by atoms with van der Waals surface area (Å²) in [7, 11) is -4.20. The Bertz CT molecular complexity index is 550. The summed E-state index contributed by atoms with van der Waals surface area (Å²) < 4.78 is 67.6. The monoisotopic (exact) mass is 313 g/mol. The molecule has 0 aromatic carbocycles. The van der Waals surface area contributed by atoms with Crippen molar-refractivity contribution in [2.24, 2.45) is 0 Å². The summed E-state index contributed by atoms with van der Waals surface area (Å²) in [5, 5.41) is 3.91. The lowest BCUT2D eigenvalue weighted by Crippen LogP contribution is -2.33. The van der Waals surface area contributed by atoms with Crippen LogP contribution in [0.15, 0.2) is 17.3 Å². The maximum atomic E-state index is 12.0. The smallest absolute Gasteiger partial charge is 0.381 e. The zero-order valence-electron chi connectivity index (χ0n) is 10.4. The Kier molecular flexibility index (Phi) is 4.35. The summed E-state index contributed by atoms with van der Waals surface area (Å²) >= 11 is 0. The van der Waals surface area contributed by atoms with Gasteiger partial charge in [0.2, 0.25) is 10.0 Å². The fourth-order valence-corrected chi connectivity index (χ4v) is 2.82. The van der Waals surface area contributed by atoms with E-state index in [4.69, 9.17) is 4.74 Å². The van der Waals surface area contributed by atoms with Gasteiger partial charge in [-0.05, 0) is 12.8 Å². The number of sulfonamides is 1. The summed E-state index contributed by atoms with van der Waals surface area (Å²) in [4.78, 5) is -0.270. The van der Waals surface area contributed by atoms with Gasteiger partial charge in [0.1, 0.15) is 11.4 Å². The van der Waals surface area contributed by atoms with Crippen LogP contribution in [0.4, 0.5) is 13.2 Å². The van der Waals surface area contributed by atoms with Gasteiger partial charge in [-0.3, -0.25) is 4.68 Å². The van der Waals surface area contributed by atoms with Crippen LogP contribution in [-0.2, 0) is 14.8 Å². The second kappa shape index (κ2) is 5.70. The Balaban J connectivity index is 2.07. The van der Waals surface area contributed by atoms with E-state index >= 15 is 0 Å². The molecule has 0 bridgehead atoms. The third-order valence-electron chi connectivity index (χ3n) is 2.92. The second-order valence-corrected chi connectivity index (χ2v) is 6.21. The fraction of sp³-hybridized carbons (Fsp3) is 0.700. The molecule has 0 saturated carbocycles. The minimum Gasteiger partial charge on any atom is -0.381 e.